The van der Waals surface area contributed by atoms with Gasteiger partial charge in [-0.25, -0.2) is 0 Å². The van der Waals surface area contributed by atoms with E-state index in [2.05, 4.69) is 15.5 Å². The lowest BCUT2D eigenvalue weighted by Crippen LogP contribution is -2.17. The number of halogens is 3. The van der Waals surface area contributed by atoms with Crippen molar-refractivity contribution in [3.63, 3.8) is 0 Å². The minimum absolute atomic E-state index is 0.00662. The van der Waals surface area contributed by atoms with Crippen LogP contribution in [0.1, 0.15) is 35.2 Å². The zero-order valence-electron chi connectivity index (χ0n) is 14.3. The van der Waals surface area contributed by atoms with Gasteiger partial charge in [-0.1, -0.05) is 30.3 Å². The monoisotopic (exact) mass is 375 g/mol. The third-order valence-electron chi connectivity index (χ3n) is 3.93. The smallest absolute Gasteiger partial charge is 0.416 e. The molecule has 1 N–H and O–H groups in total. The van der Waals surface area contributed by atoms with Gasteiger partial charge in [0.25, 0.3) is 0 Å². The summed E-state index contributed by atoms with van der Waals surface area (Å²) >= 11 is 0. The average Bonchev–Trinajstić information content (AvgIpc) is 3.06. The van der Waals surface area contributed by atoms with Crippen molar-refractivity contribution in [1.82, 2.24) is 10.2 Å². The molecule has 140 valence electrons. The van der Waals surface area contributed by atoms with Crippen LogP contribution >= 0.6 is 0 Å². The van der Waals surface area contributed by atoms with E-state index in [1.54, 1.807) is 6.92 Å². The predicted molar refractivity (Wildman–Crippen MR) is 92.0 cm³/mol. The van der Waals surface area contributed by atoms with Crippen LogP contribution in [-0.2, 0) is 11.0 Å². The van der Waals surface area contributed by atoms with Gasteiger partial charge in [0.15, 0.2) is 0 Å². The summed E-state index contributed by atoms with van der Waals surface area (Å²) < 4.78 is 43.3. The number of anilines is 1. The second-order valence-corrected chi connectivity index (χ2v) is 5.95. The van der Waals surface area contributed by atoms with Crippen LogP contribution in [-0.4, -0.2) is 16.1 Å². The first-order valence-corrected chi connectivity index (χ1v) is 8.15. The van der Waals surface area contributed by atoms with E-state index >= 15 is 0 Å². The van der Waals surface area contributed by atoms with E-state index in [1.165, 1.54) is 12.1 Å². The average molecular weight is 375 g/mol. The van der Waals surface area contributed by atoms with Gasteiger partial charge in [-0.2, -0.15) is 13.2 Å². The van der Waals surface area contributed by atoms with Crippen LogP contribution in [0.25, 0.3) is 0 Å². The Bertz CT molecular complexity index is 906. The van der Waals surface area contributed by atoms with E-state index in [4.69, 9.17) is 4.42 Å². The lowest BCUT2D eigenvalue weighted by molar-refractivity contribution is -0.137. The Labute approximate surface area is 153 Å². The number of rotatable bonds is 5. The molecule has 2 aromatic carbocycles. The molecule has 27 heavy (non-hydrogen) atoms. The van der Waals surface area contributed by atoms with Crippen molar-refractivity contribution in [2.75, 3.05) is 5.32 Å². The van der Waals surface area contributed by atoms with Crippen LogP contribution in [0, 0.1) is 6.92 Å². The molecule has 3 aromatic rings. The van der Waals surface area contributed by atoms with Crippen molar-refractivity contribution in [1.29, 1.82) is 0 Å². The molecule has 0 saturated carbocycles. The molecular formula is C19H16F3N3O2. The van der Waals surface area contributed by atoms with Gasteiger partial charge >= 0.3 is 6.18 Å². The van der Waals surface area contributed by atoms with Gasteiger partial charge < -0.3 is 9.73 Å². The fraction of sp³-hybridized carbons (Fsp3) is 0.211. The van der Waals surface area contributed by atoms with Crippen molar-refractivity contribution in [2.45, 2.75) is 25.4 Å². The Kier molecular flexibility index (Phi) is 5.25. The van der Waals surface area contributed by atoms with Crippen molar-refractivity contribution >= 4 is 11.6 Å². The zero-order valence-corrected chi connectivity index (χ0v) is 14.3. The second-order valence-electron chi connectivity index (χ2n) is 5.95. The maximum absolute atomic E-state index is 12.6. The molecule has 1 unspecified atom stereocenters. The molecule has 0 aliphatic heterocycles. The lowest BCUT2D eigenvalue weighted by atomic mass is 9.95. The minimum atomic E-state index is -4.42. The molecule has 0 saturated heterocycles. The summed E-state index contributed by atoms with van der Waals surface area (Å²) in [7, 11) is 0. The molecule has 0 spiro atoms. The third-order valence-corrected chi connectivity index (χ3v) is 3.93. The van der Waals surface area contributed by atoms with E-state index in [0.29, 0.717) is 11.8 Å². The van der Waals surface area contributed by atoms with Gasteiger partial charge in [0.2, 0.25) is 17.7 Å². The second kappa shape index (κ2) is 7.61. The molecule has 3 rings (SSSR count). The largest absolute Gasteiger partial charge is 0.425 e. The molecule has 1 atom stereocenters. The molecule has 0 fully saturated rings. The van der Waals surface area contributed by atoms with Crippen molar-refractivity contribution in [3.05, 3.63) is 77.5 Å². The third kappa shape index (κ3) is 4.72. The Balaban J connectivity index is 1.75. The first-order chi connectivity index (χ1) is 12.8. The van der Waals surface area contributed by atoms with Gasteiger partial charge in [0, 0.05) is 19.0 Å². The van der Waals surface area contributed by atoms with Gasteiger partial charge in [0.05, 0.1) is 11.5 Å². The molecule has 8 heteroatoms. The minimum Gasteiger partial charge on any atom is -0.425 e. The van der Waals surface area contributed by atoms with Crippen molar-refractivity contribution in [2.24, 2.45) is 0 Å². The molecule has 0 radical (unpaired) electrons. The number of carbonyl (C=O) groups is 1. The Morgan fingerprint density at radius 1 is 1.07 bits per heavy atom. The number of carbonyl (C=O) groups excluding carboxylic acids is 1. The number of amides is 1. The van der Waals surface area contributed by atoms with Crippen molar-refractivity contribution < 1.29 is 22.4 Å². The number of alkyl halides is 3. The van der Waals surface area contributed by atoms with E-state index in [-0.39, 0.29) is 18.0 Å². The number of nitrogens with zero attached hydrogens (tertiary/aromatic N) is 2. The molecule has 0 aliphatic rings. The van der Waals surface area contributed by atoms with Gasteiger partial charge in [0.1, 0.15) is 0 Å². The number of hydrogen-bond acceptors (Lipinski definition) is 4. The van der Waals surface area contributed by atoms with Crippen LogP contribution in [0.5, 0.6) is 0 Å². The zero-order chi connectivity index (χ0) is 19.4. The summed E-state index contributed by atoms with van der Waals surface area (Å²) in [6.07, 6.45) is -4.41. The lowest BCUT2D eigenvalue weighted by Gasteiger charge is -2.14. The summed E-state index contributed by atoms with van der Waals surface area (Å²) in [5, 5.41) is 10.4. The SMILES string of the molecule is Cc1nnc(C(CC(=O)Nc2ccc(C(F)(F)F)cc2)c2ccccc2)o1. The Morgan fingerprint density at radius 2 is 1.74 bits per heavy atom. The number of nitrogens with one attached hydrogen (secondary N) is 1. The van der Waals surface area contributed by atoms with Crippen molar-refractivity contribution in [3.8, 4) is 0 Å². The highest BCUT2D eigenvalue weighted by Gasteiger charge is 2.30. The fourth-order valence-corrected chi connectivity index (χ4v) is 2.63. The van der Waals surface area contributed by atoms with Gasteiger partial charge in [-0.3, -0.25) is 4.79 Å². The Hall–Kier alpha value is -3.16. The highest BCUT2D eigenvalue weighted by Crippen LogP contribution is 2.30. The summed E-state index contributed by atoms with van der Waals surface area (Å²) in [6, 6.07) is 13.5. The summed E-state index contributed by atoms with van der Waals surface area (Å²) in [4.78, 5) is 12.4. The van der Waals surface area contributed by atoms with Crippen LogP contribution in [0.4, 0.5) is 18.9 Å². The highest BCUT2D eigenvalue weighted by molar-refractivity contribution is 5.91. The molecule has 0 aliphatic carbocycles. The van der Waals surface area contributed by atoms with Crippen LogP contribution in [0.2, 0.25) is 0 Å². The highest BCUT2D eigenvalue weighted by atomic mass is 19.4. The fourth-order valence-electron chi connectivity index (χ4n) is 2.63. The number of aromatic nitrogens is 2. The first kappa shape index (κ1) is 18.6. The maximum atomic E-state index is 12.6. The number of benzene rings is 2. The quantitative estimate of drug-likeness (QED) is 0.710. The number of hydrogen-bond donors (Lipinski definition) is 1. The molecule has 5 nitrogen and oxygen atoms in total. The summed E-state index contributed by atoms with van der Waals surface area (Å²) in [5.74, 6) is -0.142. The number of aryl methyl sites for hydroxylation is 1. The summed E-state index contributed by atoms with van der Waals surface area (Å²) in [5.41, 5.74) is 0.328. The first-order valence-electron chi connectivity index (χ1n) is 8.15. The molecular weight excluding hydrogens is 359 g/mol. The normalized spacial score (nSPS) is 12.6. The Morgan fingerprint density at radius 3 is 2.30 bits per heavy atom. The maximum Gasteiger partial charge on any atom is 0.416 e. The molecule has 1 amide bonds. The molecule has 1 heterocycles. The topological polar surface area (TPSA) is 68.0 Å². The van der Waals surface area contributed by atoms with E-state index in [0.717, 1.165) is 17.7 Å². The predicted octanol–water partition coefficient (Wildman–Crippen LogP) is 4.56. The van der Waals surface area contributed by atoms with E-state index < -0.39 is 17.7 Å². The van der Waals surface area contributed by atoms with Crippen LogP contribution in [0.15, 0.2) is 59.0 Å². The molecule has 0 bridgehead atoms. The molecule has 1 aromatic heterocycles. The van der Waals surface area contributed by atoms with E-state index in [9.17, 15) is 18.0 Å². The van der Waals surface area contributed by atoms with E-state index in [1.807, 2.05) is 30.3 Å². The standard InChI is InChI=1S/C19H16F3N3O2/c1-12-24-25-18(27-12)16(13-5-3-2-4-6-13)11-17(26)23-15-9-7-14(8-10-15)19(20,21)22/h2-10,16H,11H2,1H3,(H,23,26). The van der Waals surface area contributed by atoms with Gasteiger partial charge in [-0.05, 0) is 29.8 Å². The van der Waals surface area contributed by atoms with Crippen LogP contribution in [0.3, 0.4) is 0 Å². The van der Waals surface area contributed by atoms with Gasteiger partial charge in [-0.15, -0.1) is 10.2 Å². The summed E-state index contributed by atoms with van der Waals surface area (Å²) in [6.45, 7) is 1.65. The van der Waals surface area contributed by atoms with Crippen LogP contribution < -0.4 is 5.32 Å².